The van der Waals surface area contributed by atoms with Crippen LogP contribution in [-0.4, -0.2) is 21.3 Å². The Bertz CT molecular complexity index is 279. The second-order valence-electron chi connectivity index (χ2n) is 2.09. The first-order chi connectivity index (χ1) is 5.74. The zero-order valence-corrected chi connectivity index (χ0v) is 8.83. The molecule has 0 aliphatic carbocycles. The second-order valence-corrected chi connectivity index (χ2v) is 4.44. The summed E-state index contributed by atoms with van der Waals surface area (Å²) in [6, 6.07) is 0. The van der Waals surface area contributed by atoms with E-state index in [0.29, 0.717) is 10.3 Å². The molecule has 0 amide bonds. The Morgan fingerprint density at radius 1 is 1.67 bits per heavy atom. The quantitative estimate of drug-likeness (QED) is 0.461. The van der Waals surface area contributed by atoms with Crippen molar-refractivity contribution in [2.45, 2.75) is 6.92 Å². The smallest absolute Gasteiger partial charge is 0.213 e. The van der Waals surface area contributed by atoms with Crippen LogP contribution in [0, 0.1) is 5.41 Å². The molecule has 0 aromatic carbocycles. The lowest BCUT2D eigenvalue weighted by atomic mass is 10.3. The average Bonchev–Trinajstić information content (AvgIpc) is 2.06. The lowest BCUT2D eigenvalue weighted by Gasteiger charge is -2.06. The normalized spacial score (nSPS) is 15.8. The van der Waals surface area contributed by atoms with E-state index in [9.17, 15) is 0 Å². The molecule has 1 rings (SSSR count). The van der Waals surface area contributed by atoms with E-state index in [1.807, 2.05) is 11.0 Å². The van der Waals surface area contributed by atoms with Gasteiger partial charge in [-0.25, -0.2) is 0 Å². The molecule has 2 N–H and O–H groups in total. The van der Waals surface area contributed by atoms with Crippen LogP contribution >= 0.6 is 20.7 Å². The highest BCUT2D eigenvalue weighted by molar-refractivity contribution is 14.2. The summed E-state index contributed by atoms with van der Waals surface area (Å²) in [5.41, 5.74) is 0.780. The predicted octanol–water partition coefficient (Wildman–Crippen LogP) is 1.93. The third-order valence-corrected chi connectivity index (χ3v) is 3.22. The van der Waals surface area contributed by atoms with Crippen LogP contribution in [0.3, 0.4) is 0 Å². The largest absolute Gasteiger partial charge is 0.478 e. The number of nitrogens with one attached hydrogen (secondary N) is 1. The van der Waals surface area contributed by atoms with Crippen molar-refractivity contribution in [3.63, 3.8) is 0 Å². The molecule has 1 heterocycles. The van der Waals surface area contributed by atoms with Crippen LogP contribution in [0.2, 0.25) is 0 Å². The molecule has 66 valence electrons. The van der Waals surface area contributed by atoms with Crippen LogP contribution in [-0.2, 0) is 4.74 Å². The molecule has 3 nitrogen and oxygen atoms in total. The Labute approximate surface area is 81.0 Å². The van der Waals surface area contributed by atoms with Gasteiger partial charge in [0.1, 0.15) is 3.69 Å². The summed E-state index contributed by atoms with van der Waals surface area (Å²) in [5, 5.41) is 16.5. The van der Waals surface area contributed by atoms with E-state index in [1.165, 1.54) is 0 Å². The summed E-state index contributed by atoms with van der Waals surface area (Å²) < 4.78 is 7.32. The molecule has 4 heteroatoms. The van der Waals surface area contributed by atoms with E-state index in [4.69, 9.17) is 15.3 Å². The van der Waals surface area contributed by atoms with E-state index < -0.39 is 20.7 Å². The summed E-state index contributed by atoms with van der Waals surface area (Å²) in [6.07, 6.45) is 3.34. The molecule has 0 fully saturated rings. The number of halogens is 1. The molecule has 0 radical (unpaired) electrons. The van der Waals surface area contributed by atoms with Crippen molar-refractivity contribution in [2.24, 2.45) is 0 Å². The van der Waals surface area contributed by atoms with Gasteiger partial charge in [0.15, 0.2) is 0 Å². The lowest BCUT2D eigenvalue weighted by molar-refractivity contribution is 0.325. The van der Waals surface area contributed by atoms with Gasteiger partial charge in [0.05, 0.1) is 6.61 Å². The Kier molecular flexibility index (Phi) is 3.61. The maximum Gasteiger partial charge on any atom is 0.213 e. The molecule has 0 aromatic heterocycles. The summed E-state index contributed by atoms with van der Waals surface area (Å²) >= 11 is -0.431. The van der Waals surface area contributed by atoms with E-state index in [2.05, 4.69) is 0 Å². The van der Waals surface area contributed by atoms with Crippen LogP contribution in [0.4, 0.5) is 0 Å². The molecule has 0 bridgehead atoms. The van der Waals surface area contributed by atoms with Gasteiger partial charge in [-0.2, -0.15) is 0 Å². The third-order valence-electron chi connectivity index (χ3n) is 1.24. The zero-order valence-electron chi connectivity index (χ0n) is 6.67. The fourth-order valence-corrected chi connectivity index (χ4v) is 2.23. The van der Waals surface area contributed by atoms with E-state index in [0.717, 1.165) is 5.57 Å². The van der Waals surface area contributed by atoms with Gasteiger partial charge < -0.3 is 9.84 Å². The molecular formula is C8H10INO2. The van der Waals surface area contributed by atoms with E-state index >= 15 is 0 Å². The minimum atomic E-state index is -0.431. The van der Waals surface area contributed by atoms with E-state index in [-0.39, 0.29) is 5.90 Å². The standard InChI is InChI=1S/C8H10INO2/c1-2-12-8(10)6-3-4-7(11)9-5-6/h3-5,10-11H,2H2,1H3. The van der Waals surface area contributed by atoms with Crippen LogP contribution in [0.1, 0.15) is 6.92 Å². The minimum absolute atomic E-state index is 0.195. The number of aliphatic hydroxyl groups excluding tert-OH is 1. The lowest BCUT2D eigenvalue weighted by Crippen LogP contribution is -2.06. The Balaban J connectivity index is 2.67. The predicted molar refractivity (Wildman–Crippen MR) is 57.5 cm³/mol. The molecule has 0 aromatic rings. The van der Waals surface area contributed by atoms with Crippen LogP contribution in [0.25, 0.3) is 0 Å². The number of ether oxygens (including phenoxy) is 1. The van der Waals surface area contributed by atoms with Gasteiger partial charge in [0.2, 0.25) is 5.90 Å². The first-order valence-electron chi connectivity index (χ1n) is 3.53. The number of aliphatic hydroxyl groups is 1. The highest BCUT2D eigenvalue weighted by Gasteiger charge is 2.04. The summed E-state index contributed by atoms with van der Waals surface area (Å²) in [4.78, 5) is 0. The maximum absolute atomic E-state index is 9.06. The molecule has 0 unspecified atom stereocenters. The number of hydrogen-bond acceptors (Lipinski definition) is 3. The molecule has 0 spiro atoms. The van der Waals surface area contributed by atoms with Gasteiger partial charge in [-0.15, -0.1) is 0 Å². The van der Waals surface area contributed by atoms with Crippen molar-refractivity contribution in [3.8, 4) is 0 Å². The van der Waals surface area contributed by atoms with Gasteiger partial charge >= 0.3 is 0 Å². The molecular weight excluding hydrogens is 269 g/mol. The highest BCUT2D eigenvalue weighted by Crippen LogP contribution is 2.15. The van der Waals surface area contributed by atoms with Crippen molar-refractivity contribution < 1.29 is 9.84 Å². The fraction of sp³-hybridized carbons (Fsp3) is 0.250. The molecule has 12 heavy (non-hydrogen) atoms. The van der Waals surface area contributed by atoms with Crippen molar-refractivity contribution >= 4 is 30.3 Å². The Morgan fingerprint density at radius 3 is 2.92 bits per heavy atom. The summed E-state index contributed by atoms with van der Waals surface area (Å²) in [5.74, 6) is 0.195. The molecule has 1 aliphatic rings. The van der Waals surface area contributed by atoms with Gasteiger partial charge in [-0.1, -0.05) is 20.7 Å². The maximum atomic E-state index is 9.06. The minimum Gasteiger partial charge on any atom is -0.478 e. The fourth-order valence-electron chi connectivity index (χ4n) is 0.699. The molecule has 0 saturated heterocycles. The van der Waals surface area contributed by atoms with Crippen LogP contribution in [0.5, 0.6) is 0 Å². The number of rotatable bonds is 2. The van der Waals surface area contributed by atoms with Gasteiger partial charge in [-0.05, 0) is 23.2 Å². The van der Waals surface area contributed by atoms with Crippen molar-refractivity contribution in [2.75, 3.05) is 6.61 Å². The van der Waals surface area contributed by atoms with Crippen LogP contribution < -0.4 is 0 Å². The summed E-state index contributed by atoms with van der Waals surface area (Å²) in [6.45, 7) is 2.36. The highest BCUT2D eigenvalue weighted by atomic mass is 127. The molecule has 0 atom stereocenters. The van der Waals surface area contributed by atoms with Crippen molar-refractivity contribution in [1.82, 2.24) is 0 Å². The zero-order chi connectivity index (χ0) is 8.97. The SMILES string of the molecule is CCOC(=N)C1=CI=C(O)C=C1. The molecule has 1 aliphatic heterocycles. The monoisotopic (exact) mass is 279 g/mol. The number of hydrogen-bond donors (Lipinski definition) is 2. The van der Waals surface area contributed by atoms with E-state index in [1.54, 1.807) is 12.2 Å². The molecule has 0 saturated carbocycles. The Morgan fingerprint density at radius 2 is 2.42 bits per heavy atom. The van der Waals surface area contributed by atoms with Gasteiger partial charge in [0, 0.05) is 5.57 Å². The van der Waals surface area contributed by atoms with Crippen molar-refractivity contribution in [1.29, 1.82) is 5.41 Å². The van der Waals surface area contributed by atoms with Gasteiger partial charge in [0.25, 0.3) is 0 Å². The first-order valence-corrected chi connectivity index (χ1v) is 5.85. The second kappa shape index (κ2) is 4.51. The Hall–Kier alpha value is -0.490. The summed E-state index contributed by atoms with van der Waals surface area (Å²) in [7, 11) is 0. The third kappa shape index (κ3) is 2.53. The first kappa shape index (κ1) is 9.60. The van der Waals surface area contributed by atoms with Crippen molar-refractivity contribution in [3.05, 3.63) is 21.8 Å². The van der Waals surface area contributed by atoms with Crippen LogP contribution in [0.15, 0.2) is 21.8 Å². The van der Waals surface area contributed by atoms with Gasteiger partial charge in [-0.3, -0.25) is 5.41 Å². The topological polar surface area (TPSA) is 53.3 Å². The average molecular weight is 279 g/mol.